The van der Waals surface area contributed by atoms with Crippen molar-refractivity contribution in [1.29, 1.82) is 0 Å². The average molecular weight is 211 g/mol. The van der Waals surface area contributed by atoms with Crippen LogP contribution < -0.4 is 5.73 Å². The molecule has 0 aliphatic carbocycles. The Morgan fingerprint density at radius 2 is 2.14 bits per heavy atom. The van der Waals surface area contributed by atoms with Crippen LogP contribution in [-0.2, 0) is 0 Å². The van der Waals surface area contributed by atoms with Crippen molar-refractivity contribution in [2.75, 3.05) is 12.4 Å². The van der Waals surface area contributed by atoms with Crippen LogP contribution >= 0.6 is 11.8 Å². The summed E-state index contributed by atoms with van der Waals surface area (Å²) in [5, 5.41) is 8.68. The molecule has 0 spiro atoms. The van der Waals surface area contributed by atoms with Gasteiger partial charge in [0.15, 0.2) is 0 Å². The van der Waals surface area contributed by atoms with Crippen LogP contribution in [-0.4, -0.2) is 17.5 Å². The predicted molar refractivity (Wildman–Crippen MR) is 61.5 cm³/mol. The summed E-state index contributed by atoms with van der Waals surface area (Å²) in [4.78, 5) is 1.23. The molecule has 3 heteroatoms. The fourth-order valence-electron chi connectivity index (χ4n) is 1.23. The number of nitrogens with two attached hydrogens (primary N) is 1. The number of hydrogen-bond donors (Lipinski definition) is 2. The van der Waals surface area contributed by atoms with E-state index in [4.69, 9.17) is 10.8 Å². The molecule has 78 valence electrons. The van der Waals surface area contributed by atoms with Gasteiger partial charge in [0.05, 0.1) is 0 Å². The molecule has 0 bridgehead atoms. The standard InChI is InChI=1S/C11H17NOS/c1-9(12)10-5-2-3-6-11(10)14-8-4-7-13/h2-3,5-6,9,13H,4,7-8,12H2,1H3. The van der Waals surface area contributed by atoms with Crippen LogP contribution in [0.5, 0.6) is 0 Å². The Labute approximate surface area is 89.5 Å². The minimum absolute atomic E-state index is 0.0767. The van der Waals surface area contributed by atoms with E-state index in [-0.39, 0.29) is 12.6 Å². The molecule has 0 saturated heterocycles. The topological polar surface area (TPSA) is 46.2 Å². The Bertz CT molecular complexity index is 276. The van der Waals surface area contributed by atoms with Crippen LogP contribution in [0.1, 0.15) is 24.9 Å². The highest BCUT2D eigenvalue weighted by Gasteiger charge is 2.05. The third-order valence-corrected chi connectivity index (χ3v) is 3.15. The molecule has 0 heterocycles. The second-order valence-electron chi connectivity index (χ2n) is 3.25. The summed E-state index contributed by atoms with van der Waals surface area (Å²) in [6, 6.07) is 8.25. The van der Waals surface area contributed by atoms with E-state index in [1.807, 2.05) is 19.1 Å². The highest BCUT2D eigenvalue weighted by atomic mass is 32.2. The molecule has 1 aromatic rings. The average Bonchev–Trinajstić information content (AvgIpc) is 2.19. The maximum atomic E-state index is 8.68. The van der Waals surface area contributed by atoms with Gasteiger partial charge < -0.3 is 10.8 Å². The number of aliphatic hydroxyl groups excluding tert-OH is 1. The van der Waals surface area contributed by atoms with Crippen LogP contribution in [0.3, 0.4) is 0 Å². The third-order valence-electron chi connectivity index (χ3n) is 1.97. The Morgan fingerprint density at radius 1 is 1.43 bits per heavy atom. The molecule has 14 heavy (non-hydrogen) atoms. The number of hydrogen-bond acceptors (Lipinski definition) is 3. The molecule has 1 rings (SSSR count). The van der Waals surface area contributed by atoms with E-state index in [2.05, 4.69) is 12.1 Å². The third kappa shape index (κ3) is 3.33. The molecular formula is C11H17NOS. The second-order valence-corrected chi connectivity index (χ2v) is 4.39. The molecule has 2 nitrogen and oxygen atoms in total. The molecule has 0 aliphatic rings. The van der Waals surface area contributed by atoms with E-state index in [0.29, 0.717) is 0 Å². The van der Waals surface area contributed by atoms with Gasteiger partial charge in [-0.25, -0.2) is 0 Å². The summed E-state index contributed by atoms with van der Waals surface area (Å²) in [7, 11) is 0. The van der Waals surface area contributed by atoms with Gasteiger partial charge in [-0.3, -0.25) is 0 Å². The van der Waals surface area contributed by atoms with Crippen LogP contribution in [0.15, 0.2) is 29.2 Å². The summed E-state index contributed by atoms with van der Waals surface area (Å²) < 4.78 is 0. The normalized spacial score (nSPS) is 12.8. The molecule has 0 saturated carbocycles. The summed E-state index contributed by atoms with van der Waals surface area (Å²) >= 11 is 1.76. The molecule has 1 atom stereocenters. The minimum atomic E-state index is 0.0767. The van der Waals surface area contributed by atoms with Crippen LogP contribution in [0.2, 0.25) is 0 Å². The molecule has 0 aliphatic heterocycles. The van der Waals surface area contributed by atoms with E-state index >= 15 is 0 Å². The predicted octanol–water partition coefficient (Wildman–Crippen LogP) is 2.18. The fraction of sp³-hybridized carbons (Fsp3) is 0.455. The first kappa shape index (κ1) is 11.6. The Balaban J connectivity index is 2.64. The lowest BCUT2D eigenvalue weighted by Gasteiger charge is -2.11. The van der Waals surface area contributed by atoms with Gasteiger partial charge in [0.25, 0.3) is 0 Å². The second kappa shape index (κ2) is 6.06. The lowest BCUT2D eigenvalue weighted by molar-refractivity contribution is 0.296. The van der Waals surface area contributed by atoms with E-state index in [1.54, 1.807) is 11.8 Å². The van der Waals surface area contributed by atoms with Crippen molar-refractivity contribution in [3.8, 4) is 0 Å². The molecule has 0 amide bonds. The molecule has 0 radical (unpaired) electrons. The van der Waals surface area contributed by atoms with Gasteiger partial charge in [-0.1, -0.05) is 18.2 Å². The maximum absolute atomic E-state index is 8.68. The van der Waals surface area contributed by atoms with Gasteiger partial charge in [0, 0.05) is 23.3 Å². The quantitative estimate of drug-likeness (QED) is 0.579. The minimum Gasteiger partial charge on any atom is -0.396 e. The van der Waals surface area contributed by atoms with Gasteiger partial charge in [0.2, 0.25) is 0 Å². The van der Waals surface area contributed by atoms with E-state index < -0.39 is 0 Å². The van der Waals surface area contributed by atoms with Crippen molar-refractivity contribution in [3.05, 3.63) is 29.8 Å². The number of aliphatic hydroxyl groups is 1. The smallest absolute Gasteiger partial charge is 0.0439 e. The Kier molecular flexibility index (Phi) is 5.01. The lowest BCUT2D eigenvalue weighted by atomic mass is 10.1. The summed E-state index contributed by atoms with van der Waals surface area (Å²) in [6.45, 7) is 2.25. The van der Waals surface area contributed by atoms with Crippen LogP contribution in [0.25, 0.3) is 0 Å². The molecule has 0 fully saturated rings. The molecule has 1 unspecified atom stereocenters. The zero-order valence-corrected chi connectivity index (χ0v) is 9.26. The first-order valence-electron chi connectivity index (χ1n) is 4.84. The highest BCUT2D eigenvalue weighted by molar-refractivity contribution is 7.99. The van der Waals surface area contributed by atoms with Crippen molar-refractivity contribution in [1.82, 2.24) is 0 Å². The Morgan fingerprint density at radius 3 is 2.79 bits per heavy atom. The zero-order valence-electron chi connectivity index (χ0n) is 8.44. The van der Waals surface area contributed by atoms with Gasteiger partial charge in [-0.05, 0) is 25.0 Å². The van der Waals surface area contributed by atoms with Crippen LogP contribution in [0, 0.1) is 0 Å². The van der Waals surface area contributed by atoms with Crippen molar-refractivity contribution in [2.45, 2.75) is 24.3 Å². The van der Waals surface area contributed by atoms with E-state index in [0.717, 1.165) is 12.2 Å². The summed E-state index contributed by atoms with van der Waals surface area (Å²) in [5.41, 5.74) is 7.05. The van der Waals surface area contributed by atoms with Gasteiger partial charge >= 0.3 is 0 Å². The Hall–Kier alpha value is -0.510. The number of benzene rings is 1. The largest absolute Gasteiger partial charge is 0.396 e. The summed E-state index contributed by atoms with van der Waals surface area (Å²) in [6.07, 6.45) is 0.831. The van der Waals surface area contributed by atoms with Gasteiger partial charge in [-0.2, -0.15) is 0 Å². The van der Waals surface area contributed by atoms with Crippen molar-refractivity contribution in [2.24, 2.45) is 5.73 Å². The molecule has 3 N–H and O–H groups in total. The number of rotatable bonds is 5. The molecular weight excluding hydrogens is 194 g/mol. The monoisotopic (exact) mass is 211 g/mol. The van der Waals surface area contributed by atoms with Crippen LogP contribution in [0.4, 0.5) is 0 Å². The summed E-state index contributed by atoms with van der Waals surface area (Å²) in [5.74, 6) is 0.945. The van der Waals surface area contributed by atoms with Crippen molar-refractivity contribution < 1.29 is 5.11 Å². The van der Waals surface area contributed by atoms with E-state index in [9.17, 15) is 0 Å². The highest BCUT2D eigenvalue weighted by Crippen LogP contribution is 2.26. The first-order chi connectivity index (χ1) is 6.75. The fourth-order valence-corrected chi connectivity index (χ4v) is 2.32. The van der Waals surface area contributed by atoms with Crippen molar-refractivity contribution >= 4 is 11.8 Å². The van der Waals surface area contributed by atoms with E-state index in [1.165, 1.54) is 10.5 Å². The SMILES string of the molecule is CC(N)c1ccccc1SCCCO. The zero-order chi connectivity index (χ0) is 10.4. The molecule has 0 aromatic heterocycles. The molecule has 1 aromatic carbocycles. The number of thioether (sulfide) groups is 1. The lowest BCUT2D eigenvalue weighted by Crippen LogP contribution is -2.06. The van der Waals surface area contributed by atoms with Crippen molar-refractivity contribution in [3.63, 3.8) is 0 Å². The van der Waals surface area contributed by atoms with Gasteiger partial charge in [0.1, 0.15) is 0 Å². The first-order valence-corrected chi connectivity index (χ1v) is 5.82. The van der Waals surface area contributed by atoms with Gasteiger partial charge in [-0.15, -0.1) is 11.8 Å². The maximum Gasteiger partial charge on any atom is 0.0439 e.